The van der Waals surface area contributed by atoms with E-state index < -0.39 is 49.0 Å². The first-order valence-electron chi connectivity index (χ1n) is 12.8. The SMILES string of the molecule is COC(=O)[C@@H]([C@H]1OB([C@@H](CC(=O)[C@H](Cc2ccccc2)NC(=O)c2cnccn2)CC(C)C)OC1=O)N(C)C. The molecule has 1 N–H and O–H groups in total. The van der Waals surface area contributed by atoms with Crippen molar-refractivity contribution < 1.29 is 33.2 Å². The van der Waals surface area contributed by atoms with E-state index in [1.165, 1.54) is 30.6 Å². The van der Waals surface area contributed by atoms with Crippen molar-refractivity contribution in [3.63, 3.8) is 0 Å². The molecule has 3 rings (SSSR count). The topological polar surface area (TPSA) is 137 Å². The number of carbonyl (C=O) groups is 4. The Morgan fingerprint density at radius 2 is 1.87 bits per heavy atom. The van der Waals surface area contributed by atoms with Crippen molar-refractivity contribution in [2.75, 3.05) is 21.2 Å². The van der Waals surface area contributed by atoms with Crippen molar-refractivity contribution in [3.8, 4) is 0 Å². The Morgan fingerprint density at radius 3 is 2.46 bits per heavy atom. The highest BCUT2D eigenvalue weighted by atomic mass is 16.7. The molecule has 1 fully saturated rings. The number of Topliss-reactive ketones (excluding diaryl/α,β-unsaturated/α-hetero) is 1. The molecule has 2 heterocycles. The summed E-state index contributed by atoms with van der Waals surface area (Å²) in [7, 11) is 3.47. The van der Waals surface area contributed by atoms with Crippen molar-refractivity contribution in [1.82, 2.24) is 20.2 Å². The number of likely N-dealkylation sites (N-methyl/N-ethyl adjacent to an activating group) is 1. The van der Waals surface area contributed by atoms with Gasteiger partial charge in [0.15, 0.2) is 11.9 Å². The second-order valence-corrected chi connectivity index (χ2v) is 10.2. The molecule has 0 saturated carbocycles. The molecular formula is C27H35BN4O7. The van der Waals surface area contributed by atoms with Gasteiger partial charge in [0, 0.05) is 24.6 Å². The largest absolute Gasteiger partial charge is 0.531 e. The van der Waals surface area contributed by atoms with E-state index in [0.717, 1.165) is 5.56 Å². The number of methoxy groups -OCH3 is 1. The normalized spacial score (nSPS) is 17.5. The zero-order chi connectivity index (χ0) is 28.5. The maximum atomic E-state index is 13.7. The van der Waals surface area contributed by atoms with Crippen LogP contribution in [0.15, 0.2) is 48.9 Å². The summed E-state index contributed by atoms with van der Waals surface area (Å²) in [6.07, 6.45) is 3.74. The lowest BCUT2D eigenvalue weighted by molar-refractivity contribution is -0.154. The van der Waals surface area contributed by atoms with E-state index in [9.17, 15) is 19.2 Å². The smallest absolute Gasteiger partial charge is 0.507 e. The third-order valence-corrected chi connectivity index (χ3v) is 6.43. The number of nitrogens with zero attached hydrogens (tertiary/aromatic N) is 3. The van der Waals surface area contributed by atoms with Crippen molar-refractivity contribution in [1.29, 1.82) is 0 Å². The maximum absolute atomic E-state index is 13.7. The minimum Gasteiger partial charge on any atom is -0.507 e. The molecular weight excluding hydrogens is 503 g/mol. The second kappa shape index (κ2) is 14.0. The lowest BCUT2D eigenvalue weighted by atomic mass is 9.65. The van der Waals surface area contributed by atoms with Gasteiger partial charge in [-0.1, -0.05) is 44.2 Å². The van der Waals surface area contributed by atoms with Crippen molar-refractivity contribution in [3.05, 3.63) is 60.2 Å². The van der Waals surface area contributed by atoms with Crippen LogP contribution in [0.5, 0.6) is 0 Å². The van der Waals surface area contributed by atoms with Gasteiger partial charge in [-0.15, -0.1) is 0 Å². The monoisotopic (exact) mass is 538 g/mol. The number of nitrogens with one attached hydrogen (secondary N) is 1. The zero-order valence-electron chi connectivity index (χ0n) is 22.9. The summed E-state index contributed by atoms with van der Waals surface area (Å²) in [6, 6.07) is 7.47. The predicted octanol–water partition coefficient (Wildman–Crippen LogP) is 1.73. The van der Waals surface area contributed by atoms with E-state index in [1.54, 1.807) is 14.1 Å². The molecule has 0 spiro atoms. The van der Waals surface area contributed by atoms with Gasteiger partial charge in [0.05, 0.1) is 19.3 Å². The molecule has 1 aromatic heterocycles. The summed E-state index contributed by atoms with van der Waals surface area (Å²) in [4.78, 5) is 61.2. The number of esters is 1. The van der Waals surface area contributed by atoms with E-state index in [2.05, 4.69) is 15.3 Å². The van der Waals surface area contributed by atoms with Gasteiger partial charge >= 0.3 is 19.1 Å². The Balaban J connectivity index is 1.81. The van der Waals surface area contributed by atoms with Crippen LogP contribution in [0.2, 0.25) is 5.82 Å². The highest BCUT2D eigenvalue weighted by molar-refractivity contribution is 6.51. The molecule has 1 aliphatic heterocycles. The van der Waals surface area contributed by atoms with E-state index in [4.69, 9.17) is 14.0 Å². The molecule has 1 amide bonds. The second-order valence-electron chi connectivity index (χ2n) is 10.2. The molecule has 2 aromatic rings. The Bertz CT molecular complexity index is 1130. The number of benzene rings is 1. The highest BCUT2D eigenvalue weighted by Gasteiger charge is 2.51. The van der Waals surface area contributed by atoms with Crippen LogP contribution in [0.1, 0.15) is 42.7 Å². The van der Waals surface area contributed by atoms with Gasteiger partial charge in [0.1, 0.15) is 11.7 Å². The van der Waals surface area contributed by atoms with Crippen molar-refractivity contribution in [2.24, 2.45) is 5.92 Å². The standard InChI is InChI=1S/C27H35BN4O7/c1-17(2)13-19(28-38-24(27(36)39-28)23(32(3)4)26(35)37-5)15-22(33)20(14-18-9-7-6-8-10-18)31-25(34)21-16-29-11-12-30-21/h6-12,16-17,19-20,23-24H,13-15H2,1-5H3,(H,31,34)/t19-,20+,23-,24-/m1/s1. The van der Waals surface area contributed by atoms with Crippen LogP contribution in [-0.2, 0) is 34.9 Å². The minimum atomic E-state index is -1.20. The molecule has 11 nitrogen and oxygen atoms in total. The Hall–Kier alpha value is -3.64. The third kappa shape index (κ3) is 8.17. The van der Waals surface area contributed by atoms with E-state index in [1.807, 2.05) is 44.2 Å². The summed E-state index contributed by atoms with van der Waals surface area (Å²) < 4.78 is 16.4. The molecule has 0 bridgehead atoms. The Labute approximate surface area is 228 Å². The molecule has 39 heavy (non-hydrogen) atoms. The van der Waals surface area contributed by atoms with E-state index >= 15 is 0 Å². The molecule has 4 atom stereocenters. The van der Waals surface area contributed by atoms with E-state index in [0.29, 0.717) is 6.42 Å². The Morgan fingerprint density at radius 1 is 1.15 bits per heavy atom. The number of carbonyl (C=O) groups excluding carboxylic acids is 4. The molecule has 12 heteroatoms. The summed E-state index contributed by atoms with van der Waals surface area (Å²) >= 11 is 0. The quantitative estimate of drug-likeness (QED) is 0.297. The van der Waals surface area contributed by atoms with Crippen LogP contribution >= 0.6 is 0 Å². The van der Waals surface area contributed by atoms with Gasteiger partial charge in [-0.25, -0.2) is 4.98 Å². The van der Waals surface area contributed by atoms with Gasteiger partial charge in [0.2, 0.25) is 0 Å². The molecule has 1 aromatic carbocycles. The van der Waals surface area contributed by atoms with Gasteiger partial charge in [-0.3, -0.25) is 29.1 Å². The number of hydrogen-bond acceptors (Lipinski definition) is 10. The van der Waals surface area contributed by atoms with Crippen LogP contribution in [-0.4, -0.2) is 85.0 Å². The third-order valence-electron chi connectivity index (χ3n) is 6.43. The number of ketones is 1. The van der Waals surface area contributed by atoms with Crippen molar-refractivity contribution >= 4 is 30.7 Å². The first-order valence-corrected chi connectivity index (χ1v) is 12.8. The number of amides is 1. The fraction of sp³-hybridized carbons (Fsp3) is 0.481. The molecule has 1 saturated heterocycles. The van der Waals surface area contributed by atoms with Gasteiger partial charge < -0.3 is 19.4 Å². The van der Waals surface area contributed by atoms with Crippen LogP contribution in [0.4, 0.5) is 0 Å². The van der Waals surface area contributed by atoms with Crippen LogP contribution in [0.25, 0.3) is 0 Å². The van der Waals surface area contributed by atoms with Crippen molar-refractivity contribution in [2.45, 2.75) is 57.1 Å². The molecule has 0 aliphatic carbocycles. The molecule has 0 radical (unpaired) electrons. The van der Waals surface area contributed by atoms with E-state index in [-0.39, 0.29) is 30.2 Å². The number of aromatic nitrogens is 2. The van der Waals surface area contributed by atoms with Crippen LogP contribution < -0.4 is 5.32 Å². The fourth-order valence-corrected chi connectivity index (χ4v) is 4.59. The lowest BCUT2D eigenvalue weighted by Gasteiger charge is -2.26. The predicted molar refractivity (Wildman–Crippen MR) is 142 cm³/mol. The molecule has 0 unspecified atom stereocenters. The average molecular weight is 538 g/mol. The van der Waals surface area contributed by atoms with Crippen LogP contribution in [0, 0.1) is 5.92 Å². The first kappa shape index (κ1) is 29.9. The Kier molecular flexibility index (Phi) is 10.7. The van der Waals surface area contributed by atoms with Gasteiger partial charge in [-0.2, -0.15) is 0 Å². The number of ether oxygens (including phenoxy) is 1. The highest BCUT2D eigenvalue weighted by Crippen LogP contribution is 2.32. The number of rotatable bonds is 13. The van der Waals surface area contributed by atoms with Gasteiger partial charge in [0.25, 0.3) is 5.91 Å². The summed E-state index contributed by atoms with van der Waals surface area (Å²) in [5.41, 5.74) is 0.960. The summed E-state index contributed by atoms with van der Waals surface area (Å²) in [5.74, 6) is -2.44. The van der Waals surface area contributed by atoms with Gasteiger partial charge in [-0.05, 0) is 38.4 Å². The minimum absolute atomic E-state index is 0.0219. The molecule has 208 valence electrons. The summed E-state index contributed by atoms with van der Waals surface area (Å²) in [5, 5.41) is 2.80. The first-order chi connectivity index (χ1) is 18.6. The average Bonchev–Trinajstić information content (AvgIpc) is 3.29. The summed E-state index contributed by atoms with van der Waals surface area (Å²) in [6.45, 7) is 3.97. The zero-order valence-corrected chi connectivity index (χ0v) is 22.9. The molecule has 1 aliphatic rings. The maximum Gasteiger partial charge on any atom is 0.531 e. The fourth-order valence-electron chi connectivity index (χ4n) is 4.59. The number of hydrogen-bond donors (Lipinski definition) is 1. The van der Waals surface area contributed by atoms with Crippen LogP contribution in [0.3, 0.4) is 0 Å². The lowest BCUT2D eigenvalue weighted by Crippen LogP contribution is -2.49.